The summed E-state index contributed by atoms with van der Waals surface area (Å²) >= 11 is 1.11. The highest BCUT2D eigenvalue weighted by Crippen LogP contribution is 2.31. The van der Waals surface area contributed by atoms with E-state index in [2.05, 4.69) is 4.99 Å². The summed E-state index contributed by atoms with van der Waals surface area (Å²) in [5.74, 6) is 0.563. The molecule has 8 heteroatoms. The van der Waals surface area contributed by atoms with Gasteiger partial charge >= 0.3 is 0 Å². The van der Waals surface area contributed by atoms with E-state index < -0.39 is 5.91 Å². The summed E-state index contributed by atoms with van der Waals surface area (Å²) in [5.41, 5.74) is 6.92. The quantitative estimate of drug-likeness (QED) is 0.757. The maximum absolute atomic E-state index is 13.0. The van der Waals surface area contributed by atoms with E-state index in [9.17, 15) is 9.59 Å². The van der Waals surface area contributed by atoms with Crippen LogP contribution in [-0.4, -0.2) is 37.0 Å². The number of hydrogen-bond acceptors (Lipinski definition) is 6. The standard InChI is InChI=1S/C20H19N3O4S/c1-26-15-8-6-13(7-9-15)10-17-19(25)23(20(22-17)28-12-18(21)24)14-4-3-5-16(11-14)27-2/h3-11H,12H2,1-2H3,(H2,21,24). The van der Waals surface area contributed by atoms with E-state index in [4.69, 9.17) is 15.2 Å². The molecule has 3 rings (SSSR count). The molecule has 0 spiro atoms. The molecule has 0 unspecified atom stereocenters. The van der Waals surface area contributed by atoms with Gasteiger partial charge in [-0.3, -0.25) is 14.5 Å². The fraction of sp³-hybridized carbons (Fsp3) is 0.150. The maximum atomic E-state index is 13.0. The number of nitrogens with zero attached hydrogens (tertiary/aromatic N) is 2. The molecule has 2 aromatic carbocycles. The predicted molar refractivity (Wildman–Crippen MR) is 111 cm³/mol. The van der Waals surface area contributed by atoms with Crippen LogP contribution in [0.4, 0.5) is 5.69 Å². The summed E-state index contributed by atoms with van der Waals surface area (Å²) in [4.78, 5) is 30.1. The SMILES string of the molecule is COc1ccc(C=C2N=C(SCC(N)=O)N(c3cccc(OC)c3)C2=O)cc1. The molecule has 144 valence electrons. The van der Waals surface area contributed by atoms with Gasteiger partial charge in [-0.15, -0.1) is 0 Å². The summed E-state index contributed by atoms with van der Waals surface area (Å²) in [6, 6.07) is 14.3. The smallest absolute Gasteiger partial charge is 0.283 e. The van der Waals surface area contributed by atoms with Crippen molar-refractivity contribution in [1.29, 1.82) is 0 Å². The van der Waals surface area contributed by atoms with Gasteiger partial charge in [0.1, 0.15) is 17.2 Å². The van der Waals surface area contributed by atoms with Gasteiger partial charge in [0.15, 0.2) is 5.17 Å². The van der Waals surface area contributed by atoms with Crippen molar-refractivity contribution in [2.45, 2.75) is 0 Å². The fourth-order valence-corrected chi connectivity index (χ4v) is 3.32. The molecule has 0 bridgehead atoms. The van der Waals surface area contributed by atoms with Crippen LogP contribution in [0.15, 0.2) is 59.2 Å². The zero-order chi connectivity index (χ0) is 20.1. The van der Waals surface area contributed by atoms with Crippen molar-refractivity contribution in [3.63, 3.8) is 0 Å². The first kappa shape index (κ1) is 19.5. The third-order valence-corrected chi connectivity index (χ3v) is 4.86. The molecule has 1 aliphatic heterocycles. The van der Waals surface area contributed by atoms with Crippen molar-refractivity contribution in [2.24, 2.45) is 10.7 Å². The highest BCUT2D eigenvalue weighted by atomic mass is 32.2. The van der Waals surface area contributed by atoms with Crippen molar-refractivity contribution >= 4 is 40.5 Å². The normalized spacial score (nSPS) is 14.9. The Morgan fingerprint density at radius 1 is 1.14 bits per heavy atom. The largest absolute Gasteiger partial charge is 0.497 e. The van der Waals surface area contributed by atoms with E-state index in [1.54, 1.807) is 56.7 Å². The number of aliphatic imine (C=N–C) groups is 1. The molecule has 7 nitrogen and oxygen atoms in total. The molecule has 1 heterocycles. The Morgan fingerprint density at radius 2 is 1.86 bits per heavy atom. The van der Waals surface area contributed by atoms with E-state index in [0.717, 1.165) is 23.1 Å². The van der Waals surface area contributed by atoms with E-state index in [0.29, 0.717) is 16.6 Å². The van der Waals surface area contributed by atoms with Gasteiger partial charge in [0.25, 0.3) is 5.91 Å². The zero-order valence-corrected chi connectivity index (χ0v) is 16.2. The molecule has 0 radical (unpaired) electrons. The number of thioether (sulfide) groups is 1. The van der Waals surface area contributed by atoms with Gasteiger partial charge in [0, 0.05) is 6.07 Å². The lowest BCUT2D eigenvalue weighted by Gasteiger charge is -2.18. The van der Waals surface area contributed by atoms with Crippen LogP contribution in [0.2, 0.25) is 0 Å². The summed E-state index contributed by atoms with van der Waals surface area (Å²) in [7, 11) is 3.14. The molecule has 0 saturated heterocycles. The number of hydrogen-bond donors (Lipinski definition) is 1. The molecule has 0 atom stereocenters. The van der Waals surface area contributed by atoms with Crippen molar-refractivity contribution in [3.8, 4) is 11.5 Å². The van der Waals surface area contributed by atoms with Crippen LogP contribution in [0.1, 0.15) is 5.56 Å². The second kappa shape index (κ2) is 8.62. The summed E-state index contributed by atoms with van der Waals surface area (Å²) < 4.78 is 10.4. The van der Waals surface area contributed by atoms with Crippen LogP contribution in [-0.2, 0) is 9.59 Å². The Balaban J connectivity index is 1.96. The lowest BCUT2D eigenvalue weighted by atomic mass is 10.2. The van der Waals surface area contributed by atoms with Crippen LogP contribution in [0.3, 0.4) is 0 Å². The number of amidine groups is 1. The average Bonchev–Trinajstić information content (AvgIpc) is 3.02. The molecule has 0 fully saturated rings. The molecule has 28 heavy (non-hydrogen) atoms. The molecule has 0 aromatic heterocycles. The van der Waals surface area contributed by atoms with Crippen molar-refractivity contribution in [3.05, 3.63) is 59.8 Å². The number of amides is 2. The van der Waals surface area contributed by atoms with Gasteiger partial charge in [-0.2, -0.15) is 0 Å². The Bertz CT molecular complexity index is 954. The minimum Gasteiger partial charge on any atom is -0.497 e. The molecule has 2 amide bonds. The average molecular weight is 397 g/mol. The van der Waals surface area contributed by atoms with Gasteiger partial charge < -0.3 is 15.2 Å². The Kier molecular flexibility index (Phi) is 6.00. The third-order valence-electron chi connectivity index (χ3n) is 3.90. The van der Waals surface area contributed by atoms with Gasteiger partial charge in [0.2, 0.25) is 5.91 Å². The Morgan fingerprint density at radius 3 is 2.50 bits per heavy atom. The molecule has 2 aromatic rings. The summed E-state index contributed by atoms with van der Waals surface area (Å²) in [6.45, 7) is 0. The number of carbonyl (C=O) groups excluding carboxylic acids is 2. The number of nitrogens with two attached hydrogens (primary N) is 1. The second-order valence-electron chi connectivity index (χ2n) is 5.79. The molecule has 2 N–H and O–H groups in total. The minimum atomic E-state index is -0.488. The zero-order valence-electron chi connectivity index (χ0n) is 15.4. The molecular weight excluding hydrogens is 378 g/mol. The highest BCUT2D eigenvalue weighted by Gasteiger charge is 2.32. The molecular formula is C20H19N3O4S. The van der Waals surface area contributed by atoms with E-state index >= 15 is 0 Å². The number of ether oxygens (including phenoxy) is 2. The lowest BCUT2D eigenvalue weighted by Crippen LogP contribution is -2.31. The third kappa shape index (κ3) is 4.34. The van der Waals surface area contributed by atoms with Crippen molar-refractivity contribution in [2.75, 3.05) is 24.9 Å². The van der Waals surface area contributed by atoms with Crippen LogP contribution in [0.25, 0.3) is 6.08 Å². The van der Waals surface area contributed by atoms with Crippen LogP contribution in [0.5, 0.6) is 11.5 Å². The van der Waals surface area contributed by atoms with Gasteiger partial charge in [-0.25, -0.2) is 4.99 Å². The number of benzene rings is 2. The number of anilines is 1. The monoisotopic (exact) mass is 397 g/mol. The first-order chi connectivity index (χ1) is 13.5. The van der Waals surface area contributed by atoms with Gasteiger partial charge in [0.05, 0.1) is 25.7 Å². The summed E-state index contributed by atoms with van der Waals surface area (Å²) in [5, 5.41) is 0.386. The van der Waals surface area contributed by atoms with Gasteiger partial charge in [-0.1, -0.05) is 30.0 Å². The number of methoxy groups -OCH3 is 2. The lowest BCUT2D eigenvalue weighted by molar-refractivity contribution is -0.115. The molecule has 1 aliphatic rings. The molecule has 0 aliphatic carbocycles. The van der Waals surface area contributed by atoms with E-state index in [-0.39, 0.29) is 17.4 Å². The predicted octanol–water partition coefficient (Wildman–Crippen LogP) is 2.67. The highest BCUT2D eigenvalue weighted by molar-refractivity contribution is 8.14. The Labute approximate surface area is 166 Å². The topological polar surface area (TPSA) is 94.2 Å². The van der Waals surface area contributed by atoms with Crippen molar-refractivity contribution in [1.82, 2.24) is 0 Å². The number of carbonyl (C=O) groups is 2. The summed E-state index contributed by atoms with van der Waals surface area (Å²) in [6.07, 6.45) is 1.69. The fourth-order valence-electron chi connectivity index (χ4n) is 2.56. The number of rotatable bonds is 6. The van der Waals surface area contributed by atoms with Crippen LogP contribution >= 0.6 is 11.8 Å². The maximum Gasteiger partial charge on any atom is 0.283 e. The molecule has 0 saturated carbocycles. The first-order valence-corrected chi connectivity index (χ1v) is 9.34. The second-order valence-corrected chi connectivity index (χ2v) is 6.74. The number of primary amides is 1. The minimum absolute atomic E-state index is 0.0163. The van der Waals surface area contributed by atoms with Crippen LogP contribution in [0, 0.1) is 0 Å². The first-order valence-electron chi connectivity index (χ1n) is 8.36. The van der Waals surface area contributed by atoms with E-state index in [1.807, 2.05) is 12.1 Å². The van der Waals surface area contributed by atoms with Crippen molar-refractivity contribution < 1.29 is 19.1 Å². The van der Waals surface area contributed by atoms with E-state index in [1.165, 1.54) is 4.90 Å². The Hall–Kier alpha value is -3.26. The van der Waals surface area contributed by atoms with Gasteiger partial charge in [-0.05, 0) is 35.9 Å². The van der Waals surface area contributed by atoms with Crippen LogP contribution < -0.4 is 20.1 Å².